The van der Waals surface area contributed by atoms with E-state index < -0.39 is 0 Å². The summed E-state index contributed by atoms with van der Waals surface area (Å²) in [7, 11) is 0. The third kappa shape index (κ3) is 3.24. The first-order valence-corrected chi connectivity index (χ1v) is 6.88. The lowest BCUT2D eigenvalue weighted by molar-refractivity contribution is 0.423. The quantitative estimate of drug-likeness (QED) is 0.880. The molecule has 0 radical (unpaired) electrons. The molecule has 3 heteroatoms. The lowest BCUT2D eigenvalue weighted by Gasteiger charge is -2.08. The predicted octanol–water partition coefficient (Wildman–Crippen LogP) is 4.02. The third-order valence-electron chi connectivity index (χ3n) is 3.39. The van der Waals surface area contributed by atoms with Gasteiger partial charge in [-0.05, 0) is 50.9 Å². The summed E-state index contributed by atoms with van der Waals surface area (Å²) in [6.07, 6.45) is 2.92. The van der Waals surface area contributed by atoms with Gasteiger partial charge in [0.15, 0.2) is 5.76 Å². The SMILES string of the molecule is CCCNC(C)c1ncc(-c2ccc(C)c(C)c2)o1. The first-order chi connectivity index (χ1) is 9.11. The Bertz CT molecular complexity index is 545. The predicted molar refractivity (Wildman–Crippen MR) is 78.1 cm³/mol. The van der Waals surface area contributed by atoms with E-state index in [-0.39, 0.29) is 6.04 Å². The molecule has 0 amide bonds. The van der Waals surface area contributed by atoms with E-state index in [1.807, 2.05) is 6.20 Å². The second kappa shape index (κ2) is 6.02. The fourth-order valence-corrected chi connectivity index (χ4v) is 1.96. The first kappa shape index (κ1) is 13.8. The van der Waals surface area contributed by atoms with Crippen LogP contribution in [0.5, 0.6) is 0 Å². The number of hydrogen-bond donors (Lipinski definition) is 1. The molecule has 1 aromatic heterocycles. The molecule has 0 fully saturated rings. The topological polar surface area (TPSA) is 38.1 Å². The number of aryl methyl sites for hydroxylation is 2. The van der Waals surface area contributed by atoms with Crippen LogP contribution in [-0.2, 0) is 0 Å². The zero-order valence-electron chi connectivity index (χ0n) is 12.2. The molecule has 1 N–H and O–H groups in total. The Kier molecular flexibility index (Phi) is 4.38. The van der Waals surface area contributed by atoms with Crippen LogP contribution in [0.1, 0.15) is 43.3 Å². The molecule has 2 aromatic rings. The molecule has 0 spiro atoms. The van der Waals surface area contributed by atoms with Crippen molar-refractivity contribution in [2.75, 3.05) is 6.54 Å². The van der Waals surface area contributed by atoms with Gasteiger partial charge < -0.3 is 9.73 Å². The van der Waals surface area contributed by atoms with E-state index in [9.17, 15) is 0 Å². The van der Waals surface area contributed by atoms with Gasteiger partial charge in [-0.25, -0.2) is 4.98 Å². The van der Waals surface area contributed by atoms with Crippen LogP contribution in [0.25, 0.3) is 11.3 Å². The average Bonchev–Trinajstić information content (AvgIpc) is 2.89. The summed E-state index contributed by atoms with van der Waals surface area (Å²) >= 11 is 0. The Morgan fingerprint density at radius 2 is 2.05 bits per heavy atom. The van der Waals surface area contributed by atoms with Crippen molar-refractivity contribution in [2.45, 2.75) is 40.2 Å². The van der Waals surface area contributed by atoms with E-state index >= 15 is 0 Å². The maximum Gasteiger partial charge on any atom is 0.211 e. The molecule has 0 aliphatic carbocycles. The number of benzene rings is 1. The summed E-state index contributed by atoms with van der Waals surface area (Å²) < 4.78 is 5.85. The minimum Gasteiger partial charge on any atom is -0.439 e. The largest absolute Gasteiger partial charge is 0.439 e. The summed E-state index contributed by atoms with van der Waals surface area (Å²) in [6.45, 7) is 9.42. The summed E-state index contributed by atoms with van der Waals surface area (Å²) in [4.78, 5) is 4.37. The van der Waals surface area contributed by atoms with Gasteiger partial charge >= 0.3 is 0 Å². The molecule has 0 saturated carbocycles. The number of nitrogens with one attached hydrogen (secondary N) is 1. The molecular formula is C16H22N2O. The number of oxazole rings is 1. The number of rotatable bonds is 5. The lowest BCUT2D eigenvalue weighted by atomic mass is 10.1. The van der Waals surface area contributed by atoms with Crippen LogP contribution in [0.2, 0.25) is 0 Å². The van der Waals surface area contributed by atoms with Gasteiger partial charge in [0, 0.05) is 5.56 Å². The molecule has 102 valence electrons. The second-order valence-electron chi connectivity index (χ2n) is 5.04. The molecule has 1 unspecified atom stereocenters. The number of nitrogens with zero attached hydrogens (tertiary/aromatic N) is 1. The Labute approximate surface area is 115 Å². The molecular weight excluding hydrogens is 236 g/mol. The normalized spacial score (nSPS) is 12.6. The Balaban J connectivity index is 2.18. The minimum absolute atomic E-state index is 0.153. The Morgan fingerprint density at radius 3 is 2.74 bits per heavy atom. The summed E-state index contributed by atoms with van der Waals surface area (Å²) in [5, 5.41) is 3.38. The highest BCUT2D eigenvalue weighted by atomic mass is 16.4. The highest BCUT2D eigenvalue weighted by molar-refractivity contribution is 5.58. The van der Waals surface area contributed by atoms with E-state index in [0.717, 1.165) is 30.2 Å². The number of hydrogen-bond acceptors (Lipinski definition) is 3. The van der Waals surface area contributed by atoms with Crippen molar-refractivity contribution in [3.63, 3.8) is 0 Å². The van der Waals surface area contributed by atoms with E-state index in [2.05, 4.69) is 56.2 Å². The van der Waals surface area contributed by atoms with Crippen LogP contribution < -0.4 is 5.32 Å². The van der Waals surface area contributed by atoms with Gasteiger partial charge in [-0.1, -0.05) is 19.1 Å². The van der Waals surface area contributed by atoms with Crippen molar-refractivity contribution in [2.24, 2.45) is 0 Å². The smallest absolute Gasteiger partial charge is 0.211 e. The molecule has 0 bridgehead atoms. The lowest BCUT2D eigenvalue weighted by Crippen LogP contribution is -2.19. The van der Waals surface area contributed by atoms with Crippen molar-refractivity contribution < 1.29 is 4.42 Å². The van der Waals surface area contributed by atoms with Gasteiger partial charge in [-0.3, -0.25) is 0 Å². The third-order valence-corrected chi connectivity index (χ3v) is 3.39. The van der Waals surface area contributed by atoms with Gasteiger partial charge in [0.1, 0.15) is 0 Å². The van der Waals surface area contributed by atoms with E-state index in [1.165, 1.54) is 11.1 Å². The highest BCUT2D eigenvalue weighted by Gasteiger charge is 2.12. The van der Waals surface area contributed by atoms with E-state index in [4.69, 9.17) is 4.42 Å². The zero-order valence-corrected chi connectivity index (χ0v) is 12.2. The van der Waals surface area contributed by atoms with Gasteiger partial charge in [-0.15, -0.1) is 0 Å². The molecule has 19 heavy (non-hydrogen) atoms. The van der Waals surface area contributed by atoms with Crippen LogP contribution in [0.15, 0.2) is 28.8 Å². The van der Waals surface area contributed by atoms with Crippen molar-refractivity contribution in [1.82, 2.24) is 10.3 Å². The highest BCUT2D eigenvalue weighted by Crippen LogP contribution is 2.24. The van der Waals surface area contributed by atoms with Crippen molar-refractivity contribution in [3.8, 4) is 11.3 Å². The second-order valence-corrected chi connectivity index (χ2v) is 5.04. The van der Waals surface area contributed by atoms with Crippen molar-refractivity contribution >= 4 is 0 Å². The van der Waals surface area contributed by atoms with Crippen molar-refractivity contribution in [3.05, 3.63) is 41.4 Å². The summed E-state index contributed by atoms with van der Waals surface area (Å²) in [6, 6.07) is 6.49. The van der Waals surface area contributed by atoms with Crippen molar-refractivity contribution in [1.29, 1.82) is 0 Å². The zero-order chi connectivity index (χ0) is 13.8. The molecule has 1 heterocycles. The molecule has 0 saturated heterocycles. The molecule has 1 atom stereocenters. The van der Waals surface area contributed by atoms with Crippen LogP contribution in [0.4, 0.5) is 0 Å². The van der Waals surface area contributed by atoms with Crippen LogP contribution in [0.3, 0.4) is 0 Å². The molecule has 1 aromatic carbocycles. The summed E-state index contributed by atoms with van der Waals surface area (Å²) in [5.74, 6) is 1.59. The fraction of sp³-hybridized carbons (Fsp3) is 0.438. The van der Waals surface area contributed by atoms with Gasteiger partial charge in [0.25, 0.3) is 0 Å². The fourth-order valence-electron chi connectivity index (χ4n) is 1.96. The summed E-state index contributed by atoms with van der Waals surface area (Å²) in [5.41, 5.74) is 3.65. The molecule has 0 aliphatic heterocycles. The van der Waals surface area contributed by atoms with Crippen LogP contribution in [-0.4, -0.2) is 11.5 Å². The number of aromatic nitrogens is 1. The monoisotopic (exact) mass is 258 g/mol. The van der Waals surface area contributed by atoms with E-state index in [0.29, 0.717) is 0 Å². The Hall–Kier alpha value is -1.61. The maximum absolute atomic E-state index is 5.85. The maximum atomic E-state index is 5.85. The van der Waals surface area contributed by atoms with Gasteiger partial charge in [-0.2, -0.15) is 0 Å². The molecule has 3 nitrogen and oxygen atoms in total. The minimum atomic E-state index is 0.153. The van der Waals surface area contributed by atoms with Crippen LogP contribution in [0, 0.1) is 13.8 Å². The standard InChI is InChI=1S/C16H22N2O/c1-5-8-17-13(4)16-18-10-15(19-16)14-7-6-11(2)12(3)9-14/h6-7,9-10,13,17H,5,8H2,1-4H3. The average molecular weight is 258 g/mol. The van der Waals surface area contributed by atoms with Crippen LogP contribution >= 0.6 is 0 Å². The molecule has 0 aliphatic rings. The van der Waals surface area contributed by atoms with E-state index in [1.54, 1.807) is 0 Å². The first-order valence-electron chi connectivity index (χ1n) is 6.88. The van der Waals surface area contributed by atoms with Gasteiger partial charge in [0.2, 0.25) is 5.89 Å². The van der Waals surface area contributed by atoms with Gasteiger partial charge in [0.05, 0.1) is 12.2 Å². The molecule has 2 rings (SSSR count). The Morgan fingerprint density at radius 1 is 1.26 bits per heavy atom.